The molecule has 25 heavy (non-hydrogen) atoms. The van der Waals surface area contributed by atoms with Gasteiger partial charge in [-0.1, -0.05) is 78.2 Å². The van der Waals surface area contributed by atoms with Crippen LogP contribution in [-0.4, -0.2) is 29.3 Å². The van der Waals surface area contributed by atoms with Gasteiger partial charge >= 0.3 is 6.03 Å². The van der Waals surface area contributed by atoms with Gasteiger partial charge in [-0.2, -0.15) is 0 Å². The van der Waals surface area contributed by atoms with Crippen molar-refractivity contribution in [2.24, 2.45) is 0 Å². The second kappa shape index (κ2) is 8.09. The van der Waals surface area contributed by atoms with Crippen LogP contribution in [-0.2, 0) is 0 Å². The second-order valence-corrected chi connectivity index (χ2v) is 15.7. The van der Waals surface area contributed by atoms with E-state index in [1.165, 1.54) is 0 Å². The van der Waals surface area contributed by atoms with Crippen molar-refractivity contribution in [3.05, 3.63) is 40.9 Å². The highest BCUT2D eigenvalue weighted by molar-refractivity contribution is 6.76. The Bertz CT molecular complexity index is 668. The molecule has 0 bridgehead atoms. The van der Waals surface area contributed by atoms with E-state index in [0.717, 1.165) is 6.04 Å². The van der Waals surface area contributed by atoms with Crippen molar-refractivity contribution in [3.8, 4) is 0 Å². The van der Waals surface area contributed by atoms with Crippen molar-refractivity contribution < 1.29 is 4.79 Å². The number of carbonyl (C=O) groups is 1. The molecule has 0 aliphatic carbocycles. The highest BCUT2D eigenvalue weighted by Gasteiger charge is 2.44. The van der Waals surface area contributed by atoms with E-state index in [4.69, 9.17) is 46.4 Å². The van der Waals surface area contributed by atoms with Gasteiger partial charge in [0.05, 0.1) is 0 Å². The number of rotatable bonds is 5. The normalized spacial score (nSPS) is 18.4. The summed E-state index contributed by atoms with van der Waals surface area (Å²) in [5.74, 6) is 0. The van der Waals surface area contributed by atoms with Crippen molar-refractivity contribution >= 4 is 66.2 Å². The number of fused-ring (bicyclic) bond motifs is 1. The average molecular weight is 440 g/mol. The molecule has 0 saturated heterocycles. The molecule has 138 valence electrons. The third kappa shape index (κ3) is 5.80. The lowest BCUT2D eigenvalue weighted by Gasteiger charge is -2.40. The minimum Gasteiger partial charge on any atom is -0.313 e. The first-order valence-corrected chi connectivity index (χ1v) is 13.3. The number of hydrogen-bond donors (Lipinski definition) is 1. The average Bonchev–Trinajstić information content (AvgIpc) is 2.45. The summed E-state index contributed by atoms with van der Waals surface area (Å²) >= 11 is 24.7. The van der Waals surface area contributed by atoms with Gasteiger partial charge in [0.2, 0.25) is 3.79 Å². The lowest BCUT2D eigenvalue weighted by Crippen LogP contribution is -2.47. The molecule has 3 nitrogen and oxygen atoms in total. The summed E-state index contributed by atoms with van der Waals surface area (Å²) in [6, 6.07) is 5.30. The smallest absolute Gasteiger partial charge is 0.313 e. The molecule has 8 heteroatoms. The SMILES string of the molecule is C[Si](C)(C)C/C=C/CCN1C(=O)Nc2ccc(Cl)cc2C1C(Cl)(Cl)Cl. The van der Waals surface area contributed by atoms with Gasteiger partial charge in [0.15, 0.2) is 0 Å². The van der Waals surface area contributed by atoms with Crippen molar-refractivity contribution in [1.29, 1.82) is 0 Å². The summed E-state index contributed by atoms with van der Waals surface area (Å²) in [6.45, 7) is 7.40. The van der Waals surface area contributed by atoms with Gasteiger partial charge in [0.1, 0.15) is 6.04 Å². The van der Waals surface area contributed by atoms with Gasteiger partial charge in [0, 0.05) is 30.9 Å². The molecule has 1 aromatic carbocycles. The maximum absolute atomic E-state index is 12.5. The van der Waals surface area contributed by atoms with Gasteiger partial charge in [-0.15, -0.1) is 0 Å². The Balaban J connectivity index is 2.20. The molecule has 0 saturated carbocycles. The minimum absolute atomic E-state index is 0.273. The molecular formula is C17H22Cl4N2OSi. The number of hydrogen-bond acceptors (Lipinski definition) is 1. The maximum atomic E-state index is 12.5. The zero-order chi connectivity index (χ0) is 18.8. The van der Waals surface area contributed by atoms with Crippen LogP contribution in [0.15, 0.2) is 30.4 Å². The van der Waals surface area contributed by atoms with Crippen LogP contribution < -0.4 is 5.32 Å². The molecule has 2 amide bonds. The van der Waals surface area contributed by atoms with Crippen LogP contribution >= 0.6 is 46.4 Å². The van der Waals surface area contributed by atoms with Crippen LogP contribution in [0, 0.1) is 0 Å². The van der Waals surface area contributed by atoms with Gasteiger partial charge in [0.25, 0.3) is 0 Å². The summed E-state index contributed by atoms with van der Waals surface area (Å²) in [5, 5.41) is 3.37. The first-order chi connectivity index (χ1) is 11.5. The van der Waals surface area contributed by atoms with Crippen LogP contribution in [0.3, 0.4) is 0 Å². The topological polar surface area (TPSA) is 32.3 Å². The minimum atomic E-state index is -1.65. The van der Waals surface area contributed by atoms with E-state index in [1.54, 1.807) is 23.1 Å². The number of halogens is 4. The Morgan fingerprint density at radius 2 is 1.92 bits per heavy atom. The Labute approximate surface area is 170 Å². The molecule has 1 aliphatic heterocycles. The van der Waals surface area contributed by atoms with Crippen molar-refractivity contribution in [2.75, 3.05) is 11.9 Å². The Kier molecular flexibility index (Phi) is 6.77. The highest BCUT2D eigenvalue weighted by atomic mass is 35.6. The summed E-state index contributed by atoms with van der Waals surface area (Å²) < 4.78 is -1.65. The molecule has 1 unspecified atom stereocenters. The Morgan fingerprint density at radius 3 is 2.52 bits per heavy atom. The number of allylic oxidation sites excluding steroid dienone is 1. The maximum Gasteiger partial charge on any atom is 0.322 e. The zero-order valence-electron chi connectivity index (χ0n) is 14.5. The number of benzene rings is 1. The van der Waals surface area contributed by atoms with Gasteiger partial charge in [-0.05, 0) is 30.7 Å². The summed E-state index contributed by atoms with van der Waals surface area (Å²) in [7, 11) is -1.12. The lowest BCUT2D eigenvalue weighted by molar-refractivity contribution is 0.186. The fourth-order valence-corrected chi connectivity index (χ4v) is 4.46. The fraction of sp³-hybridized carbons (Fsp3) is 0.471. The van der Waals surface area contributed by atoms with E-state index in [1.807, 2.05) is 0 Å². The molecule has 0 spiro atoms. The molecule has 1 aromatic rings. The Hall–Kier alpha value is -0.393. The van der Waals surface area contributed by atoms with Gasteiger partial charge in [-0.25, -0.2) is 4.79 Å². The van der Waals surface area contributed by atoms with E-state index >= 15 is 0 Å². The lowest BCUT2D eigenvalue weighted by atomic mass is 10.0. The summed E-state index contributed by atoms with van der Waals surface area (Å²) in [6.07, 6.45) is 4.97. The standard InChI is InChI=1S/C17H22Cl4N2OSi/c1-25(2,3)10-6-4-5-9-23-15(17(19,20)21)13-11-12(18)7-8-14(13)22-16(23)24/h4,6-8,11,15H,5,9-10H2,1-3H3,(H,22,24)/b6-4+. The van der Waals surface area contributed by atoms with Crippen molar-refractivity contribution in [2.45, 2.75) is 41.9 Å². The summed E-state index contributed by atoms with van der Waals surface area (Å²) in [4.78, 5) is 14.1. The van der Waals surface area contributed by atoms with Crippen molar-refractivity contribution in [3.63, 3.8) is 0 Å². The molecule has 1 atom stereocenters. The number of nitrogens with zero attached hydrogens (tertiary/aromatic N) is 1. The van der Waals surface area contributed by atoms with E-state index in [9.17, 15) is 4.79 Å². The molecule has 1 N–H and O–H groups in total. The number of amides is 2. The number of alkyl halides is 3. The molecule has 1 heterocycles. The second-order valence-electron chi connectivity index (χ2n) is 7.32. The van der Waals surface area contributed by atoms with Gasteiger partial charge in [-0.3, -0.25) is 0 Å². The van der Waals surface area contributed by atoms with E-state index in [2.05, 4.69) is 37.1 Å². The first kappa shape index (κ1) is 20.9. The Morgan fingerprint density at radius 1 is 1.24 bits per heavy atom. The van der Waals surface area contributed by atoms with Crippen LogP contribution in [0.25, 0.3) is 0 Å². The molecule has 0 aromatic heterocycles. The monoisotopic (exact) mass is 438 g/mol. The van der Waals surface area contributed by atoms with Crippen LogP contribution in [0.4, 0.5) is 10.5 Å². The number of anilines is 1. The van der Waals surface area contributed by atoms with Gasteiger partial charge < -0.3 is 10.2 Å². The highest BCUT2D eigenvalue weighted by Crippen LogP contribution is 2.48. The van der Waals surface area contributed by atoms with E-state index < -0.39 is 17.9 Å². The molecular weight excluding hydrogens is 418 g/mol. The number of carbonyl (C=O) groups excluding carboxylic acids is 1. The van der Waals surface area contributed by atoms with Crippen LogP contribution in [0.5, 0.6) is 0 Å². The third-order valence-electron chi connectivity index (χ3n) is 3.87. The molecule has 0 fully saturated rings. The third-order valence-corrected chi connectivity index (χ3v) is 6.18. The molecule has 1 aliphatic rings. The van der Waals surface area contributed by atoms with Crippen LogP contribution in [0.2, 0.25) is 30.7 Å². The molecule has 0 radical (unpaired) electrons. The van der Waals surface area contributed by atoms with E-state index in [0.29, 0.717) is 29.2 Å². The van der Waals surface area contributed by atoms with E-state index in [-0.39, 0.29) is 6.03 Å². The van der Waals surface area contributed by atoms with Crippen molar-refractivity contribution in [1.82, 2.24) is 4.90 Å². The first-order valence-electron chi connectivity index (χ1n) is 8.08. The predicted octanol–water partition coefficient (Wildman–Crippen LogP) is 6.88. The zero-order valence-corrected chi connectivity index (χ0v) is 18.5. The largest absolute Gasteiger partial charge is 0.322 e. The number of nitrogens with one attached hydrogen (secondary N) is 1. The molecule has 2 rings (SSSR count). The fourth-order valence-electron chi connectivity index (χ4n) is 2.70. The van der Waals surface area contributed by atoms with Crippen LogP contribution in [0.1, 0.15) is 18.0 Å². The number of urea groups is 1. The summed E-state index contributed by atoms with van der Waals surface area (Å²) in [5.41, 5.74) is 1.33. The quantitative estimate of drug-likeness (QED) is 0.302. The predicted molar refractivity (Wildman–Crippen MR) is 112 cm³/mol.